The van der Waals surface area contributed by atoms with E-state index in [0.29, 0.717) is 42.0 Å². The number of carbonyl (C=O) groups excluding carboxylic acids is 2. The van der Waals surface area contributed by atoms with Crippen LogP contribution in [-0.2, 0) is 15.0 Å². The number of benzene rings is 2. The zero-order valence-electron chi connectivity index (χ0n) is 20.6. The zero-order valence-corrected chi connectivity index (χ0v) is 22.1. The Morgan fingerprint density at radius 1 is 1.19 bits per heavy atom. The molecule has 2 aromatic rings. The van der Waals surface area contributed by atoms with Crippen LogP contribution in [0.25, 0.3) is 0 Å². The Morgan fingerprint density at radius 3 is 2.56 bits per heavy atom. The van der Waals surface area contributed by atoms with Crippen LogP contribution in [0.5, 0.6) is 0 Å². The smallest absolute Gasteiger partial charge is 0.237 e. The number of carbonyl (C=O) groups is 2. The monoisotopic (exact) mass is 532 g/mol. The van der Waals surface area contributed by atoms with Crippen molar-refractivity contribution in [2.24, 2.45) is 11.3 Å². The molecule has 0 bridgehead atoms. The van der Waals surface area contributed by atoms with Crippen molar-refractivity contribution in [3.8, 4) is 0 Å². The molecule has 1 saturated heterocycles. The van der Waals surface area contributed by atoms with Crippen molar-refractivity contribution in [3.05, 3.63) is 63.4 Å². The van der Waals surface area contributed by atoms with Gasteiger partial charge in [-0.15, -0.1) is 0 Å². The van der Waals surface area contributed by atoms with E-state index in [4.69, 9.17) is 23.2 Å². The number of aliphatic hydroxyl groups excluding tert-OH is 1. The number of nitrogens with one attached hydrogen (secondary N) is 2. The highest BCUT2D eigenvalue weighted by atomic mass is 35.5. The van der Waals surface area contributed by atoms with E-state index in [1.54, 1.807) is 12.1 Å². The molecule has 36 heavy (non-hydrogen) atoms. The molecule has 1 amide bonds. The molecule has 0 unspecified atom stereocenters. The van der Waals surface area contributed by atoms with Crippen molar-refractivity contribution in [1.29, 1.82) is 0 Å². The second-order valence-electron chi connectivity index (χ2n) is 11.8. The van der Waals surface area contributed by atoms with Crippen LogP contribution in [0.4, 0.5) is 10.1 Å². The average molecular weight is 533 g/mol. The summed E-state index contributed by atoms with van der Waals surface area (Å²) in [6, 6.07) is 8.91. The van der Waals surface area contributed by atoms with Gasteiger partial charge >= 0.3 is 0 Å². The topological polar surface area (TPSA) is 78.4 Å². The van der Waals surface area contributed by atoms with Gasteiger partial charge in [0.25, 0.3) is 0 Å². The van der Waals surface area contributed by atoms with Gasteiger partial charge in [0.2, 0.25) is 5.91 Å². The van der Waals surface area contributed by atoms with E-state index >= 15 is 0 Å². The predicted molar refractivity (Wildman–Crippen MR) is 139 cm³/mol. The number of halogens is 3. The minimum atomic E-state index is -1.24. The van der Waals surface area contributed by atoms with Crippen LogP contribution in [0.15, 0.2) is 36.4 Å². The Bertz CT molecular complexity index is 1220. The van der Waals surface area contributed by atoms with Gasteiger partial charge in [-0.2, -0.15) is 0 Å². The lowest BCUT2D eigenvalue weighted by molar-refractivity contribution is -0.124. The second kappa shape index (κ2) is 9.09. The number of Topliss-reactive ketones (excluding diaryl/α,β-unsaturated/α-hetero) is 1. The van der Waals surface area contributed by atoms with Crippen LogP contribution in [0.1, 0.15) is 63.5 Å². The van der Waals surface area contributed by atoms with E-state index in [9.17, 15) is 19.1 Å². The van der Waals surface area contributed by atoms with Gasteiger partial charge < -0.3 is 15.7 Å². The molecule has 2 heterocycles. The average Bonchev–Trinajstić information content (AvgIpc) is 3.22. The molecule has 8 heteroatoms. The molecule has 3 aliphatic rings. The highest BCUT2D eigenvalue weighted by Crippen LogP contribution is 2.57. The molecule has 0 radical (unpaired) electrons. The number of aliphatic hydroxyl groups is 1. The molecule has 192 valence electrons. The van der Waals surface area contributed by atoms with Crippen LogP contribution >= 0.6 is 23.2 Å². The summed E-state index contributed by atoms with van der Waals surface area (Å²) < 4.78 is 14.9. The number of amides is 1. The van der Waals surface area contributed by atoms with Gasteiger partial charge in [-0.3, -0.25) is 9.59 Å². The van der Waals surface area contributed by atoms with Crippen molar-refractivity contribution in [2.75, 3.05) is 5.32 Å². The first-order chi connectivity index (χ1) is 16.9. The van der Waals surface area contributed by atoms with Gasteiger partial charge in [0.05, 0.1) is 17.2 Å². The molecule has 5 nitrogen and oxygen atoms in total. The van der Waals surface area contributed by atoms with Gasteiger partial charge in [-0.25, -0.2) is 4.39 Å². The Labute approximate surface area is 220 Å². The number of hydrogen-bond donors (Lipinski definition) is 3. The van der Waals surface area contributed by atoms with Gasteiger partial charge in [-0.1, -0.05) is 56.1 Å². The fraction of sp³-hybridized carbons (Fsp3) is 0.500. The van der Waals surface area contributed by atoms with E-state index < -0.39 is 29.2 Å². The molecular formula is C28H31Cl2FN2O3. The van der Waals surface area contributed by atoms with Gasteiger partial charge in [0.1, 0.15) is 11.2 Å². The Morgan fingerprint density at radius 2 is 1.92 bits per heavy atom. The fourth-order valence-electron chi connectivity index (χ4n) is 6.46. The van der Waals surface area contributed by atoms with Crippen LogP contribution in [0, 0.1) is 17.2 Å². The first kappa shape index (κ1) is 25.7. The molecule has 2 aliphatic heterocycles. The number of ketones is 1. The molecule has 0 aromatic heterocycles. The van der Waals surface area contributed by atoms with Crippen molar-refractivity contribution in [2.45, 2.75) is 76.0 Å². The van der Waals surface area contributed by atoms with Gasteiger partial charge in [0, 0.05) is 29.1 Å². The van der Waals surface area contributed by atoms with Crippen molar-refractivity contribution in [3.63, 3.8) is 0 Å². The Hall–Kier alpha value is -1.99. The molecule has 2 fully saturated rings. The van der Waals surface area contributed by atoms with Gasteiger partial charge in [0.15, 0.2) is 5.78 Å². The minimum Gasteiger partial charge on any atom is -0.393 e. The molecule has 5 rings (SSSR count). The van der Waals surface area contributed by atoms with Crippen molar-refractivity contribution < 1.29 is 19.1 Å². The fourth-order valence-corrected chi connectivity index (χ4v) is 6.83. The predicted octanol–water partition coefficient (Wildman–Crippen LogP) is 5.61. The Kier molecular flexibility index (Phi) is 6.47. The van der Waals surface area contributed by atoms with E-state index in [1.165, 1.54) is 12.1 Å². The highest BCUT2D eigenvalue weighted by molar-refractivity contribution is 6.31. The molecule has 2 aromatic carbocycles. The van der Waals surface area contributed by atoms with Crippen LogP contribution in [0.2, 0.25) is 10.0 Å². The third-order valence-electron chi connectivity index (χ3n) is 7.96. The van der Waals surface area contributed by atoms with Crippen molar-refractivity contribution >= 4 is 40.6 Å². The summed E-state index contributed by atoms with van der Waals surface area (Å²) in [5.74, 6) is -1.39. The SMILES string of the molecule is CC(C)(C)C[C@H]1N[C@@H](C(=O)CC2CC(O)C2)[C@H](c2cccc(Cl)c2)[C@@]12C(=O)Nc1cc(Cl)c(F)cc12. The molecule has 4 atom stereocenters. The summed E-state index contributed by atoms with van der Waals surface area (Å²) in [7, 11) is 0. The van der Waals surface area contributed by atoms with E-state index in [0.717, 1.165) is 5.56 Å². The normalized spacial score (nSPS) is 31.3. The third-order valence-corrected chi connectivity index (χ3v) is 8.48. The first-order valence-corrected chi connectivity index (χ1v) is 13.2. The number of anilines is 1. The maximum absolute atomic E-state index is 14.9. The lowest BCUT2D eigenvalue weighted by Gasteiger charge is -2.38. The molecule has 1 spiro atoms. The summed E-state index contributed by atoms with van der Waals surface area (Å²) in [4.78, 5) is 27.9. The molecule has 1 aliphatic carbocycles. The molecular weight excluding hydrogens is 502 g/mol. The maximum atomic E-state index is 14.9. The summed E-state index contributed by atoms with van der Waals surface area (Å²) in [5, 5.41) is 16.7. The second-order valence-corrected chi connectivity index (χ2v) is 12.6. The van der Waals surface area contributed by atoms with Crippen molar-refractivity contribution in [1.82, 2.24) is 5.32 Å². The molecule has 1 saturated carbocycles. The van der Waals surface area contributed by atoms with Crippen LogP contribution in [0.3, 0.4) is 0 Å². The largest absolute Gasteiger partial charge is 0.393 e. The number of rotatable bonds is 5. The molecule has 3 N–H and O–H groups in total. The summed E-state index contributed by atoms with van der Waals surface area (Å²) in [6.45, 7) is 6.24. The lowest BCUT2D eigenvalue weighted by atomic mass is 9.62. The first-order valence-electron chi connectivity index (χ1n) is 12.4. The number of hydrogen-bond acceptors (Lipinski definition) is 4. The summed E-state index contributed by atoms with van der Waals surface area (Å²) >= 11 is 12.5. The third kappa shape index (κ3) is 4.26. The maximum Gasteiger partial charge on any atom is 0.237 e. The standard InChI is InChI=1S/C28H31Cl2FN2O3/c1-27(2,3)13-23-28(18-11-20(31)19(30)12-21(18)32-26(28)36)24(15-5-4-6-16(29)10-15)25(33-23)22(35)9-14-7-17(34)8-14/h4-6,10-12,14,17,23-25,33-34H,7-9,13H2,1-3H3,(H,32,36)/t14?,17?,23-,24+,25+,28+/m1/s1. The summed E-state index contributed by atoms with van der Waals surface area (Å²) in [6.07, 6.45) is 1.73. The summed E-state index contributed by atoms with van der Waals surface area (Å²) in [5.41, 5.74) is 0.299. The van der Waals surface area contributed by atoms with E-state index in [1.807, 2.05) is 12.1 Å². The van der Waals surface area contributed by atoms with Crippen LogP contribution in [-0.4, -0.2) is 35.0 Å². The zero-order chi connectivity index (χ0) is 26.0. The van der Waals surface area contributed by atoms with E-state index in [2.05, 4.69) is 31.4 Å². The van der Waals surface area contributed by atoms with Gasteiger partial charge in [-0.05, 0) is 66.0 Å². The number of fused-ring (bicyclic) bond motifs is 2. The quantitative estimate of drug-likeness (QED) is 0.467. The minimum absolute atomic E-state index is 0.0108. The van der Waals surface area contributed by atoms with Crippen LogP contribution < -0.4 is 10.6 Å². The highest BCUT2D eigenvalue weighted by Gasteiger charge is 2.65. The lowest BCUT2D eigenvalue weighted by Crippen LogP contribution is -2.49. The van der Waals surface area contributed by atoms with E-state index in [-0.39, 0.29) is 34.1 Å². The Balaban J connectivity index is 1.70.